The molecule has 0 saturated carbocycles. The van der Waals surface area contributed by atoms with Gasteiger partial charge < -0.3 is 24.7 Å². The predicted molar refractivity (Wildman–Crippen MR) is 108 cm³/mol. The summed E-state index contributed by atoms with van der Waals surface area (Å²) in [5.74, 6) is -3.55. The van der Waals surface area contributed by atoms with Crippen molar-refractivity contribution in [2.45, 2.75) is 55.2 Å². The van der Waals surface area contributed by atoms with Gasteiger partial charge in [0.05, 0.1) is 17.9 Å². The largest absolute Gasteiger partial charge is 0.481 e. The van der Waals surface area contributed by atoms with Crippen molar-refractivity contribution in [2.24, 2.45) is 11.8 Å². The van der Waals surface area contributed by atoms with E-state index in [-0.39, 0.29) is 29.8 Å². The van der Waals surface area contributed by atoms with Gasteiger partial charge in [-0.05, 0) is 19.3 Å². The highest BCUT2D eigenvalue weighted by Gasteiger charge is 2.76. The van der Waals surface area contributed by atoms with Crippen LogP contribution in [0.2, 0.25) is 0 Å². The maximum atomic E-state index is 13.6. The number of hydrogen-bond donors (Lipinski definition) is 2. The lowest BCUT2D eigenvalue weighted by molar-refractivity contribution is -0.150. The minimum absolute atomic E-state index is 0.124. The number of rotatable bonds is 10. The lowest BCUT2D eigenvalue weighted by Gasteiger charge is -2.37. The Bertz CT molecular complexity index is 688. The first kappa shape index (κ1) is 22.2. The molecule has 29 heavy (non-hydrogen) atoms. The molecule has 2 bridgehead atoms. The lowest BCUT2D eigenvalue weighted by Crippen LogP contribution is -2.57. The van der Waals surface area contributed by atoms with Gasteiger partial charge in [-0.25, -0.2) is 0 Å². The van der Waals surface area contributed by atoms with Gasteiger partial charge in [0.15, 0.2) is 0 Å². The molecule has 1 unspecified atom stereocenters. The van der Waals surface area contributed by atoms with E-state index in [4.69, 9.17) is 4.74 Å². The van der Waals surface area contributed by atoms with Crippen LogP contribution >= 0.6 is 15.9 Å². The van der Waals surface area contributed by atoms with Gasteiger partial charge in [0.25, 0.3) is 0 Å². The Hall–Kier alpha value is -1.45. The Labute approximate surface area is 179 Å². The number of carboxylic acids is 1. The maximum absolute atomic E-state index is 13.6. The van der Waals surface area contributed by atoms with Crippen LogP contribution in [0.3, 0.4) is 0 Å². The van der Waals surface area contributed by atoms with E-state index < -0.39 is 35.6 Å². The fraction of sp³-hybridized carbons (Fsp3) is 0.750. The van der Waals surface area contributed by atoms with Crippen LogP contribution in [0.15, 0.2) is 12.7 Å². The summed E-state index contributed by atoms with van der Waals surface area (Å²) in [5, 5.41) is 19.1. The molecule has 3 saturated heterocycles. The molecule has 1 spiro atoms. The molecule has 3 aliphatic heterocycles. The van der Waals surface area contributed by atoms with Crippen LogP contribution in [-0.2, 0) is 19.1 Å². The van der Waals surface area contributed by atoms with Crippen molar-refractivity contribution < 1.29 is 29.3 Å². The first-order chi connectivity index (χ1) is 13.8. The second kappa shape index (κ2) is 8.73. The van der Waals surface area contributed by atoms with Crippen molar-refractivity contribution in [1.29, 1.82) is 0 Å². The highest BCUT2D eigenvalue weighted by molar-refractivity contribution is 9.09. The summed E-state index contributed by atoms with van der Waals surface area (Å²) in [7, 11) is 0. The number of carboxylic acid groups (broad SMARTS) is 1. The zero-order valence-electron chi connectivity index (χ0n) is 16.6. The number of fused-ring (bicyclic) bond motifs is 1. The van der Waals surface area contributed by atoms with Crippen LogP contribution < -0.4 is 0 Å². The van der Waals surface area contributed by atoms with Gasteiger partial charge in [-0.1, -0.05) is 35.4 Å². The normalized spacial score (nSPS) is 35.1. The summed E-state index contributed by atoms with van der Waals surface area (Å²) in [6.07, 6.45) is 3.45. The van der Waals surface area contributed by atoms with Gasteiger partial charge in [-0.3, -0.25) is 14.4 Å². The average molecular weight is 473 g/mol. The number of amides is 2. The van der Waals surface area contributed by atoms with Crippen LogP contribution in [-0.4, -0.2) is 86.6 Å². The molecule has 0 aromatic carbocycles. The smallest absolute Gasteiger partial charge is 0.310 e. The molecule has 0 aliphatic carbocycles. The standard InChI is InChI=1S/C20H29BrN2O6/c1-3-5-8-22(7-4-2)18(26)16-20-11-12(21)15(29-20)13(19(27)28)14(20)17(25)23(16)9-6-10-24/h4,12-16,24H,2-3,5-11H2,1H3,(H,27,28)/t12?,13-,14+,15-,16-,20+/m0/s1. The van der Waals surface area contributed by atoms with Gasteiger partial charge >= 0.3 is 5.97 Å². The van der Waals surface area contributed by atoms with Crippen molar-refractivity contribution >= 4 is 33.7 Å². The number of halogens is 1. The van der Waals surface area contributed by atoms with Gasteiger partial charge in [0.1, 0.15) is 11.6 Å². The Morgan fingerprint density at radius 1 is 1.45 bits per heavy atom. The van der Waals surface area contributed by atoms with Crippen molar-refractivity contribution in [3.05, 3.63) is 12.7 Å². The molecule has 3 heterocycles. The minimum atomic E-state index is -1.16. The van der Waals surface area contributed by atoms with E-state index in [1.807, 2.05) is 6.92 Å². The molecule has 3 fully saturated rings. The molecule has 6 atom stereocenters. The molecule has 0 aromatic rings. The highest BCUT2D eigenvalue weighted by atomic mass is 79.9. The van der Waals surface area contributed by atoms with Crippen LogP contribution in [0.4, 0.5) is 0 Å². The Kier molecular flexibility index (Phi) is 6.70. The second-order valence-corrected chi connectivity index (χ2v) is 9.21. The number of aliphatic hydroxyl groups is 1. The van der Waals surface area contributed by atoms with Gasteiger partial charge in [0, 0.05) is 31.1 Å². The number of ether oxygens (including phenoxy) is 1. The second-order valence-electron chi connectivity index (χ2n) is 8.04. The molecular weight excluding hydrogens is 444 g/mol. The predicted octanol–water partition coefficient (Wildman–Crippen LogP) is 1.02. The Morgan fingerprint density at radius 2 is 2.17 bits per heavy atom. The fourth-order valence-electron chi connectivity index (χ4n) is 5.14. The topological polar surface area (TPSA) is 107 Å². The Balaban J connectivity index is 2.01. The molecule has 3 rings (SSSR count). The van der Waals surface area contributed by atoms with E-state index in [1.165, 1.54) is 4.90 Å². The number of unbranched alkanes of at least 4 members (excludes halogenated alkanes) is 1. The SMILES string of the molecule is C=CCN(CCCC)C(=O)[C@@H]1N(CCCO)C(=O)[C@H]2[C@H](C(=O)O)[C@H]3O[C@@]12CC3Br. The monoisotopic (exact) mass is 472 g/mol. The first-order valence-electron chi connectivity index (χ1n) is 10.2. The van der Waals surface area contributed by atoms with Crippen molar-refractivity contribution in [1.82, 2.24) is 9.80 Å². The molecule has 0 aromatic heterocycles. The summed E-state index contributed by atoms with van der Waals surface area (Å²) in [4.78, 5) is 41.8. The van der Waals surface area contributed by atoms with Crippen LogP contribution in [0.25, 0.3) is 0 Å². The molecule has 0 radical (unpaired) electrons. The van der Waals surface area contributed by atoms with Crippen molar-refractivity contribution in [3.63, 3.8) is 0 Å². The van der Waals surface area contributed by atoms with Crippen molar-refractivity contribution in [2.75, 3.05) is 26.2 Å². The number of likely N-dealkylation sites (tertiary alicyclic amines) is 1. The number of alkyl halides is 1. The third kappa shape index (κ3) is 3.51. The first-order valence-corrected chi connectivity index (χ1v) is 11.1. The number of hydrogen-bond acceptors (Lipinski definition) is 5. The summed E-state index contributed by atoms with van der Waals surface area (Å²) >= 11 is 3.51. The van der Waals surface area contributed by atoms with E-state index in [0.717, 1.165) is 12.8 Å². The number of aliphatic hydroxyl groups excluding tert-OH is 1. The van der Waals surface area contributed by atoms with E-state index in [1.54, 1.807) is 11.0 Å². The molecule has 2 N–H and O–H groups in total. The molecular formula is C20H29BrN2O6. The third-order valence-corrected chi connectivity index (χ3v) is 7.15. The van der Waals surface area contributed by atoms with Gasteiger partial charge in [0.2, 0.25) is 11.8 Å². The van der Waals surface area contributed by atoms with E-state index in [2.05, 4.69) is 22.5 Å². The molecule has 162 valence electrons. The van der Waals surface area contributed by atoms with Gasteiger partial charge in [-0.2, -0.15) is 0 Å². The maximum Gasteiger partial charge on any atom is 0.310 e. The summed E-state index contributed by atoms with van der Waals surface area (Å²) in [5.41, 5.74) is -1.16. The summed E-state index contributed by atoms with van der Waals surface area (Å²) in [6.45, 7) is 6.72. The highest BCUT2D eigenvalue weighted by Crippen LogP contribution is 2.60. The summed E-state index contributed by atoms with van der Waals surface area (Å²) in [6, 6.07) is -0.891. The van der Waals surface area contributed by atoms with E-state index in [0.29, 0.717) is 25.9 Å². The van der Waals surface area contributed by atoms with Crippen LogP contribution in [0.5, 0.6) is 0 Å². The molecule has 8 nitrogen and oxygen atoms in total. The van der Waals surface area contributed by atoms with Crippen LogP contribution in [0.1, 0.15) is 32.6 Å². The average Bonchev–Trinajstić information content (AvgIpc) is 3.26. The van der Waals surface area contributed by atoms with Crippen LogP contribution in [0, 0.1) is 11.8 Å². The number of carbonyl (C=O) groups is 3. The number of nitrogens with zero attached hydrogens (tertiary/aromatic N) is 2. The molecule has 3 aliphatic rings. The molecule has 2 amide bonds. The van der Waals surface area contributed by atoms with E-state index in [9.17, 15) is 24.6 Å². The molecule has 9 heteroatoms. The zero-order chi connectivity index (χ0) is 21.3. The summed E-state index contributed by atoms with van der Waals surface area (Å²) < 4.78 is 6.19. The van der Waals surface area contributed by atoms with Crippen molar-refractivity contribution in [3.8, 4) is 0 Å². The lowest BCUT2D eigenvalue weighted by atomic mass is 9.70. The number of carbonyl (C=O) groups excluding carboxylic acids is 2. The Morgan fingerprint density at radius 3 is 2.76 bits per heavy atom. The zero-order valence-corrected chi connectivity index (χ0v) is 18.2. The van der Waals surface area contributed by atoms with Gasteiger partial charge in [-0.15, -0.1) is 6.58 Å². The minimum Gasteiger partial charge on any atom is -0.481 e. The fourth-order valence-corrected chi connectivity index (χ4v) is 6.08. The number of aliphatic carboxylic acids is 1. The van der Waals surface area contributed by atoms with E-state index >= 15 is 0 Å². The third-order valence-electron chi connectivity index (χ3n) is 6.31. The quantitative estimate of drug-likeness (QED) is 0.363.